The summed E-state index contributed by atoms with van der Waals surface area (Å²) in [6.07, 6.45) is 4.75. The standard InChI is InChI=1S/C22H25N3O2/c26-21(10-9-17-5-2-1-3-6-17)18-12-15-24(16-13-18)22(27)20-8-4-7-19-11-14-23-25(19)20/h1-8,11,14,18,21,26H,9-10,12-13,15-16H2/t21-/m1/s1. The molecule has 27 heavy (non-hydrogen) atoms. The van der Waals surface area contributed by atoms with Gasteiger partial charge < -0.3 is 10.0 Å². The molecule has 4 rings (SSSR count). The number of rotatable bonds is 5. The number of nitrogens with zero attached hydrogens (tertiary/aromatic N) is 3. The first-order valence-corrected chi connectivity index (χ1v) is 9.66. The highest BCUT2D eigenvalue weighted by Crippen LogP contribution is 2.24. The number of hydrogen-bond donors (Lipinski definition) is 1. The minimum Gasteiger partial charge on any atom is -0.393 e. The Morgan fingerprint density at radius 1 is 1.07 bits per heavy atom. The number of carbonyl (C=O) groups excluding carboxylic acids is 1. The molecule has 5 nitrogen and oxygen atoms in total. The zero-order valence-electron chi connectivity index (χ0n) is 15.4. The lowest BCUT2D eigenvalue weighted by Crippen LogP contribution is -2.42. The van der Waals surface area contributed by atoms with E-state index in [1.807, 2.05) is 47.4 Å². The Balaban J connectivity index is 1.33. The number of hydrogen-bond acceptors (Lipinski definition) is 3. The molecule has 0 saturated carbocycles. The fraction of sp³-hybridized carbons (Fsp3) is 0.364. The van der Waals surface area contributed by atoms with Crippen molar-refractivity contribution in [1.82, 2.24) is 14.5 Å². The predicted molar refractivity (Wildman–Crippen MR) is 105 cm³/mol. The molecule has 1 atom stereocenters. The summed E-state index contributed by atoms with van der Waals surface area (Å²) in [5.41, 5.74) is 2.78. The van der Waals surface area contributed by atoms with Gasteiger partial charge >= 0.3 is 0 Å². The molecule has 0 bridgehead atoms. The zero-order valence-corrected chi connectivity index (χ0v) is 15.4. The van der Waals surface area contributed by atoms with E-state index in [1.165, 1.54) is 5.56 Å². The van der Waals surface area contributed by atoms with Gasteiger partial charge in [0, 0.05) is 13.1 Å². The van der Waals surface area contributed by atoms with Crippen molar-refractivity contribution in [3.63, 3.8) is 0 Å². The van der Waals surface area contributed by atoms with Crippen LogP contribution >= 0.6 is 0 Å². The van der Waals surface area contributed by atoms with Gasteiger partial charge in [-0.25, -0.2) is 4.52 Å². The third kappa shape index (κ3) is 3.88. The second kappa shape index (κ2) is 7.92. The van der Waals surface area contributed by atoms with Crippen molar-refractivity contribution in [2.24, 2.45) is 5.92 Å². The van der Waals surface area contributed by atoms with E-state index >= 15 is 0 Å². The van der Waals surface area contributed by atoms with Gasteiger partial charge in [0.2, 0.25) is 0 Å². The van der Waals surface area contributed by atoms with E-state index in [0.717, 1.165) is 31.2 Å². The van der Waals surface area contributed by atoms with Crippen LogP contribution in [0.1, 0.15) is 35.3 Å². The largest absolute Gasteiger partial charge is 0.393 e. The predicted octanol–water partition coefficient (Wildman–Crippen LogP) is 3.18. The van der Waals surface area contributed by atoms with Gasteiger partial charge in [0.1, 0.15) is 5.69 Å². The molecule has 3 aromatic rings. The minimum atomic E-state index is -0.308. The number of fused-ring (bicyclic) bond motifs is 1. The number of pyridine rings is 1. The van der Waals surface area contributed by atoms with E-state index in [0.29, 0.717) is 18.8 Å². The van der Waals surface area contributed by atoms with Crippen LogP contribution in [0.3, 0.4) is 0 Å². The monoisotopic (exact) mass is 363 g/mol. The van der Waals surface area contributed by atoms with Crippen LogP contribution in [0.4, 0.5) is 0 Å². The molecule has 5 heteroatoms. The highest BCUT2D eigenvalue weighted by molar-refractivity contribution is 5.93. The fourth-order valence-electron chi connectivity index (χ4n) is 3.96. The lowest BCUT2D eigenvalue weighted by atomic mass is 9.88. The van der Waals surface area contributed by atoms with Gasteiger partial charge in [0.25, 0.3) is 5.91 Å². The summed E-state index contributed by atoms with van der Waals surface area (Å²) in [6, 6.07) is 17.8. The van der Waals surface area contributed by atoms with Crippen LogP contribution in [0.25, 0.3) is 5.52 Å². The van der Waals surface area contributed by atoms with Crippen molar-refractivity contribution < 1.29 is 9.90 Å². The van der Waals surface area contributed by atoms with E-state index in [2.05, 4.69) is 17.2 Å². The third-order valence-electron chi connectivity index (χ3n) is 5.58. The smallest absolute Gasteiger partial charge is 0.272 e. The van der Waals surface area contributed by atoms with E-state index in [-0.39, 0.29) is 17.9 Å². The molecule has 1 amide bonds. The van der Waals surface area contributed by atoms with Crippen LogP contribution in [0.5, 0.6) is 0 Å². The van der Waals surface area contributed by atoms with Crippen molar-refractivity contribution >= 4 is 11.4 Å². The number of aromatic nitrogens is 2. The normalized spacial score (nSPS) is 16.6. The number of amides is 1. The topological polar surface area (TPSA) is 57.8 Å². The molecule has 0 aliphatic carbocycles. The average Bonchev–Trinajstić information content (AvgIpc) is 3.21. The van der Waals surface area contributed by atoms with Gasteiger partial charge in [-0.15, -0.1) is 0 Å². The molecule has 1 aliphatic heterocycles. The first-order chi connectivity index (χ1) is 13.2. The number of likely N-dealkylation sites (tertiary alicyclic amines) is 1. The lowest BCUT2D eigenvalue weighted by molar-refractivity contribution is 0.0432. The zero-order chi connectivity index (χ0) is 18.6. The Morgan fingerprint density at radius 2 is 1.85 bits per heavy atom. The molecule has 2 aromatic heterocycles. The van der Waals surface area contributed by atoms with Gasteiger partial charge in [0.05, 0.1) is 17.8 Å². The number of aliphatic hydroxyl groups excluding tert-OH is 1. The lowest BCUT2D eigenvalue weighted by Gasteiger charge is -2.34. The third-order valence-corrected chi connectivity index (χ3v) is 5.58. The molecule has 3 heterocycles. The Labute approximate surface area is 159 Å². The summed E-state index contributed by atoms with van der Waals surface area (Å²) >= 11 is 0. The Kier molecular flexibility index (Phi) is 5.21. The molecule has 0 unspecified atom stereocenters. The molecule has 1 aromatic carbocycles. The molecule has 1 fully saturated rings. The van der Waals surface area contributed by atoms with Gasteiger partial charge in [-0.05, 0) is 55.4 Å². The summed E-state index contributed by atoms with van der Waals surface area (Å²) in [4.78, 5) is 14.8. The second-order valence-corrected chi connectivity index (χ2v) is 7.30. The van der Waals surface area contributed by atoms with Crippen LogP contribution in [-0.4, -0.2) is 44.7 Å². The number of benzene rings is 1. The van der Waals surface area contributed by atoms with Crippen molar-refractivity contribution in [3.05, 3.63) is 72.1 Å². The van der Waals surface area contributed by atoms with Crippen LogP contribution in [0.2, 0.25) is 0 Å². The molecule has 0 spiro atoms. The Bertz CT molecular complexity index is 898. The van der Waals surface area contributed by atoms with Crippen LogP contribution < -0.4 is 0 Å². The summed E-state index contributed by atoms with van der Waals surface area (Å²) in [6.45, 7) is 1.37. The molecular formula is C22H25N3O2. The van der Waals surface area contributed by atoms with Crippen LogP contribution in [0.15, 0.2) is 60.8 Å². The summed E-state index contributed by atoms with van der Waals surface area (Å²) < 4.78 is 1.70. The van der Waals surface area contributed by atoms with Gasteiger partial charge in [-0.3, -0.25) is 4.79 Å². The first-order valence-electron chi connectivity index (χ1n) is 9.66. The average molecular weight is 363 g/mol. The van der Waals surface area contributed by atoms with Crippen molar-refractivity contribution in [2.75, 3.05) is 13.1 Å². The number of aliphatic hydroxyl groups is 1. The number of piperidine rings is 1. The molecule has 140 valence electrons. The first kappa shape index (κ1) is 17.7. The quantitative estimate of drug-likeness (QED) is 0.757. The molecule has 1 aliphatic rings. The van der Waals surface area contributed by atoms with E-state index in [1.54, 1.807) is 10.7 Å². The van der Waals surface area contributed by atoms with E-state index < -0.39 is 0 Å². The van der Waals surface area contributed by atoms with Gasteiger partial charge in [-0.2, -0.15) is 5.10 Å². The highest BCUT2D eigenvalue weighted by Gasteiger charge is 2.28. The van der Waals surface area contributed by atoms with Crippen LogP contribution in [-0.2, 0) is 6.42 Å². The Hall–Kier alpha value is -2.66. The van der Waals surface area contributed by atoms with E-state index in [9.17, 15) is 9.90 Å². The van der Waals surface area contributed by atoms with Crippen molar-refractivity contribution in [2.45, 2.75) is 31.8 Å². The molecular weight excluding hydrogens is 338 g/mol. The second-order valence-electron chi connectivity index (χ2n) is 7.30. The number of carbonyl (C=O) groups is 1. The molecule has 1 saturated heterocycles. The fourth-order valence-corrected chi connectivity index (χ4v) is 3.96. The number of aryl methyl sites for hydroxylation is 1. The molecule has 0 radical (unpaired) electrons. The summed E-state index contributed by atoms with van der Waals surface area (Å²) in [5, 5.41) is 14.8. The maximum Gasteiger partial charge on any atom is 0.272 e. The maximum atomic E-state index is 12.9. The molecule has 1 N–H and O–H groups in total. The highest BCUT2D eigenvalue weighted by atomic mass is 16.3. The maximum absolute atomic E-state index is 12.9. The SMILES string of the molecule is O=C(c1cccc2ccnn12)N1CCC([C@H](O)CCc2ccccc2)CC1. The van der Waals surface area contributed by atoms with E-state index in [4.69, 9.17) is 0 Å². The van der Waals surface area contributed by atoms with Crippen molar-refractivity contribution in [3.8, 4) is 0 Å². The Morgan fingerprint density at radius 3 is 2.63 bits per heavy atom. The summed E-state index contributed by atoms with van der Waals surface area (Å²) in [5.74, 6) is 0.278. The summed E-state index contributed by atoms with van der Waals surface area (Å²) in [7, 11) is 0. The van der Waals surface area contributed by atoms with Gasteiger partial charge in [-0.1, -0.05) is 36.4 Å². The van der Waals surface area contributed by atoms with Gasteiger partial charge in [0.15, 0.2) is 0 Å². The minimum absolute atomic E-state index is 0.0153. The van der Waals surface area contributed by atoms with Crippen molar-refractivity contribution in [1.29, 1.82) is 0 Å². The van der Waals surface area contributed by atoms with Crippen LogP contribution in [0, 0.1) is 5.92 Å².